The summed E-state index contributed by atoms with van der Waals surface area (Å²) in [6.07, 6.45) is 2.33. The van der Waals surface area contributed by atoms with Gasteiger partial charge in [-0.3, -0.25) is 0 Å². The molecule has 86 valence electrons. The van der Waals surface area contributed by atoms with Crippen molar-refractivity contribution in [1.29, 1.82) is 10.5 Å². The topological polar surface area (TPSA) is 56.8 Å². The number of ether oxygens (including phenoxy) is 1. The summed E-state index contributed by atoms with van der Waals surface area (Å²) in [5.41, 5.74) is 0.883. The van der Waals surface area contributed by atoms with Gasteiger partial charge in [0, 0.05) is 5.88 Å². The number of hydrogen-bond acceptors (Lipinski definition) is 3. The molecule has 17 heavy (non-hydrogen) atoms. The summed E-state index contributed by atoms with van der Waals surface area (Å²) in [4.78, 5) is 0. The molecule has 0 fully saturated rings. The van der Waals surface area contributed by atoms with Crippen LogP contribution < -0.4 is 4.74 Å². The van der Waals surface area contributed by atoms with Crippen molar-refractivity contribution in [2.24, 2.45) is 0 Å². The van der Waals surface area contributed by atoms with Gasteiger partial charge < -0.3 is 4.74 Å². The van der Waals surface area contributed by atoms with Gasteiger partial charge in [0.15, 0.2) is 0 Å². The van der Waals surface area contributed by atoms with E-state index in [1.54, 1.807) is 24.3 Å². The zero-order chi connectivity index (χ0) is 12.5. The van der Waals surface area contributed by atoms with Crippen molar-refractivity contribution in [3.8, 4) is 17.9 Å². The molecule has 0 spiro atoms. The standard InChI is InChI=1S/C13H11ClN2O/c14-6-1-7-17-13-4-2-11(3-5-13)8-12(9-15)10-16/h2-5,8H,1,6-7H2. The monoisotopic (exact) mass is 246 g/mol. The van der Waals surface area contributed by atoms with Crippen LogP contribution in [0.2, 0.25) is 0 Å². The lowest BCUT2D eigenvalue weighted by atomic mass is 10.1. The number of nitrogens with zero attached hydrogens (tertiary/aromatic N) is 2. The maximum absolute atomic E-state index is 8.61. The highest BCUT2D eigenvalue weighted by atomic mass is 35.5. The Morgan fingerprint density at radius 3 is 2.41 bits per heavy atom. The van der Waals surface area contributed by atoms with Crippen LogP contribution >= 0.6 is 11.6 Å². The molecule has 3 nitrogen and oxygen atoms in total. The van der Waals surface area contributed by atoms with Crippen molar-refractivity contribution >= 4 is 17.7 Å². The first kappa shape index (κ1) is 13.1. The van der Waals surface area contributed by atoms with Crippen LogP contribution in [0.15, 0.2) is 29.8 Å². The Balaban J connectivity index is 2.66. The van der Waals surface area contributed by atoms with E-state index in [9.17, 15) is 0 Å². The number of nitriles is 2. The third-order valence-corrected chi connectivity index (χ3v) is 2.25. The Hall–Kier alpha value is -1.97. The summed E-state index contributed by atoms with van der Waals surface area (Å²) in [5, 5.41) is 17.2. The zero-order valence-electron chi connectivity index (χ0n) is 9.19. The first-order valence-corrected chi connectivity index (χ1v) is 5.64. The lowest BCUT2D eigenvalue weighted by molar-refractivity contribution is 0.318. The molecule has 0 atom stereocenters. The number of alkyl halides is 1. The molecule has 0 saturated heterocycles. The van der Waals surface area contributed by atoms with Crippen LogP contribution in [-0.2, 0) is 0 Å². The maximum Gasteiger partial charge on any atom is 0.130 e. The molecular formula is C13H11ClN2O. The molecule has 1 aromatic rings. The van der Waals surface area contributed by atoms with Gasteiger partial charge in [0.1, 0.15) is 23.5 Å². The summed E-state index contributed by atoms with van der Waals surface area (Å²) in [6, 6.07) is 10.8. The van der Waals surface area contributed by atoms with Gasteiger partial charge in [-0.05, 0) is 30.2 Å². The van der Waals surface area contributed by atoms with E-state index in [-0.39, 0.29) is 5.57 Å². The Morgan fingerprint density at radius 1 is 1.24 bits per heavy atom. The summed E-state index contributed by atoms with van der Waals surface area (Å²) < 4.78 is 5.42. The molecule has 0 aliphatic rings. The van der Waals surface area contributed by atoms with E-state index in [4.69, 9.17) is 26.9 Å². The average molecular weight is 247 g/mol. The number of benzene rings is 1. The van der Waals surface area contributed by atoms with Gasteiger partial charge in [-0.1, -0.05) is 12.1 Å². The van der Waals surface area contributed by atoms with E-state index >= 15 is 0 Å². The zero-order valence-corrected chi connectivity index (χ0v) is 9.94. The molecule has 1 aromatic carbocycles. The minimum Gasteiger partial charge on any atom is -0.494 e. The van der Waals surface area contributed by atoms with Crippen molar-refractivity contribution < 1.29 is 4.74 Å². The average Bonchev–Trinajstić information content (AvgIpc) is 2.38. The fourth-order valence-electron chi connectivity index (χ4n) is 1.16. The number of hydrogen-bond donors (Lipinski definition) is 0. The lowest BCUT2D eigenvalue weighted by Crippen LogP contribution is -1.97. The van der Waals surface area contributed by atoms with Crippen molar-refractivity contribution in [2.45, 2.75) is 6.42 Å². The molecule has 0 radical (unpaired) electrons. The van der Waals surface area contributed by atoms with E-state index in [0.29, 0.717) is 12.5 Å². The summed E-state index contributed by atoms with van der Waals surface area (Å²) in [7, 11) is 0. The number of rotatable bonds is 5. The molecule has 0 heterocycles. The third-order valence-electron chi connectivity index (χ3n) is 1.98. The number of allylic oxidation sites excluding steroid dienone is 1. The van der Waals surface area contributed by atoms with Crippen LogP contribution in [0.3, 0.4) is 0 Å². The summed E-state index contributed by atoms with van der Waals surface area (Å²) in [5.74, 6) is 1.33. The van der Waals surface area contributed by atoms with Crippen molar-refractivity contribution in [1.82, 2.24) is 0 Å². The second kappa shape index (κ2) is 7.33. The van der Waals surface area contributed by atoms with Gasteiger partial charge in [-0.2, -0.15) is 10.5 Å². The Labute approximate surface area is 105 Å². The predicted octanol–water partition coefficient (Wildman–Crippen LogP) is 3.12. The van der Waals surface area contributed by atoms with E-state index in [1.165, 1.54) is 6.08 Å². The van der Waals surface area contributed by atoms with Crippen LogP contribution in [0.1, 0.15) is 12.0 Å². The van der Waals surface area contributed by atoms with Gasteiger partial charge in [0.05, 0.1) is 6.61 Å². The smallest absolute Gasteiger partial charge is 0.130 e. The fraction of sp³-hybridized carbons (Fsp3) is 0.231. The molecule has 0 aliphatic heterocycles. The molecular weight excluding hydrogens is 236 g/mol. The third kappa shape index (κ3) is 4.59. The van der Waals surface area contributed by atoms with Gasteiger partial charge in [-0.15, -0.1) is 11.6 Å². The molecule has 0 unspecified atom stereocenters. The second-order valence-corrected chi connectivity index (χ2v) is 3.62. The Bertz CT molecular complexity index is 450. The highest BCUT2D eigenvalue weighted by molar-refractivity contribution is 6.17. The summed E-state index contributed by atoms with van der Waals surface area (Å²) in [6.45, 7) is 0.584. The maximum atomic E-state index is 8.61. The molecule has 0 bridgehead atoms. The second-order valence-electron chi connectivity index (χ2n) is 3.24. The molecule has 0 amide bonds. The van der Waals surface area contributed by atoms with Crippen LogP contribution in [0, 0.1) is 22.7 Å². The van der Waals surface area contributed by atoms with Crippen molar-refractivity contribution in [2.75, 3.05) is 12.5 Å². The Kier molecular flexibility index (Phi) is 5.64. The molecule has 1 rings (SSSR count). The first-order valence-electron chi connectivity index (χ1n) is 5.11. The molecule has 4 heteroatoms. The minimum absolute atomic E-state index is 0.0841. The largest absolute Gasteiger partial charge is 0.494 e. The van der Waals surface area contributed by atoms with Crippen LogP contribution in [0.5, 0.6) is 5.75 Å². The van der Waals surface area contributed by atoms with Gasteiger partial charge in [-0.25, -0.2) is 0 Å². The SMILES string of the molecule is N#CC(C#N)=Cc1ccc(OCCCCl)cc1. The normalized spacial score (nSPS) is 8.88. The number of halogens is 1. The highest BCUT2D eigenvalue weighted by Gasteiger charge is 1.96. The molecule has 0 aromatic heterocycles. The van der Waals surface area contributed by atoms with Gasteiger partial charge in [0.25, 0.3) is 0 Å². The van der Waals surface area contributed by atoms with Crippen LogP contribution in [0.25, 0.3) is 6.08 Å². The van der Waals surface area contributed by atoms with Crippen molar-refractivity contribution in [3.05, 3.63) is 35.4 Å². The van der Waals surface area contributed by atoms with Gasteiger partial charge in [0.2, 0.25) is 0 Å². The quantitative estimate of drug-likeness (QED) is 0.456. The predicted molar refractivity (Wildman–Crippen MR) is 66.5 cm³/mol. The first-order chi connectivity index (χ1) is 8.30. The lowest BCUT2D eigenvalue weighted by Gasteiger charge is -2.04. The van der Waals surface area contributed by atoms with Crippen molar-refractivity contribution in [3.63, 3.8) is 0 Å². The minimum atomic E-state index is 0.0841. The summed E-state index contributed by atoms with van der Waals surface area (Å²) >= 11 is 5.53. The fourth-order valence-corrected chi connectivity index (χ4v) is 1.27. The van der Waals surface area contributed by atoms with Crippen LogP contribution in [0.4, 0.5) is 0 Å². The van der Waals surface area contributed by atoms with E-state index in [0.717, 1.165) is 17.7 Å². The van der Waals surface area contributed by atoms with E-state index in [1.807, 2.05) is 12.1 Å². The van der Waals surface area contributed by atoms with Gasteiger partial charge >= 0.3 is 0 Å². The van der Waals surface area contributed by atoms with E-state index in [2.05, 4.69) is 0 Å². The molecule has 0 saturated carbocycles. The Morgan fingerprint density at radius 2 is 1.88 bits per heavy atom. The molecule has 0 N–H and O–H groups in total. The van der Waals surface area contributed by atoms with E-state index < -0.39 is 0 Å². The molecule has 0 aliphatic carbocycles. The highest BCUT2D eigenvalue weighted by Crippen LogP contribution is 2.14. The van der Waals surface area contributed by atoms with Crippen LogP contribution in [-0.4, -0.2) is 12.5 Å².